The van der Waals surface area contributed by atoms with Gasteiger partial charge in [-0.2, -0.15) is 9.97 Å². The highest BCUT2D eigenvalue weighted by molar-refractivity contribution is 6.28. The van der Waals surface area contributed by atoms with Crippen molar-refractivity contribution in [3.8, 4) is 0 Å². The van der Waals surface area contributed by atoms with Crippen LogP contribution in [0.25, 0.3) is 11.2 Å². The number of likely N-dealkylation sites (tertiary alicyclic amines) is 1. The van der Waals surface area contributed by atoms with Crippen LogP contribution in [-0.4, -0.2) is 75.8 Å². The van der Waals surface area contributed by atoms with Gasteiger partial charge < -0.3 is 14.5 Å². The Kier molecular flexibility index (Phi) is 4.77. The molecule has 0 N–H and O–H groups in total. The normalized spacial score (nSPS) is 20.0. The number of rotatable bonds is 4. The van der Waals surface area contributed by atoms with E-state index in [1.54, 1.807) is 0 Å². The van der Waals surface area contributed by atoms with Gasteiger partial charge in [0.05, 0.1) is 19.8 Å². The molecule has 0 amide bonds. The van der Waals surface area contributed by atoms with E-state index in [0.29, 0.717) is 18.9 Å². The van der Waals surface area contributed by atoms with Crippen molar-refractivity contribution in [2.75, 3.05) is 50.8 Å². The minimum absolute atomic E-state index is 0.241. The molecule has 2 aromatic heterocycles. The van der Waals surface area contributed by atoms with Gasteiger partial charge in [-0.15, -0.1) is 5.10 Å². The van der Waals surface area contributed by atoms with Crippen molar-refractivity contribution in [2.45, 2.75) is 25.8 Å². The SMILES string of the molecule is Clc1nc(N2CCOCC2)c2nnn(CCN3CCCCC3)c2n1. The first kappa shape index (κ1) is 16.0. The Balaban J connectivity index is 1.57. The van der Waals surface area contributed by atoms with Gasteiger partial charge in [-0.1, -0.05) is 11.6 Å². The lowest BCUT2D eigenvalue weighted by molar-refractivity contribution is 0.122. The van der Waals surface area contributed by atoms with Crippen LogP contribution in [0, 0.1) is 0 Å². The third-order valence-corrected chi connectivity index (χ3v) is 4.87. The zero-order chi connectivity index (χ0) is 16.4. The Hall–Kier alpha value is -1.51. The molecule has 0 radical (unpaired) electrons. The van der Waals surface area contributed by atoms with E-state index in [0.717, 1.165) is 37.5 Å². The summed E-state index contributed by atoms with van der Waals surface area (Å²) in [6.07, 6.45) is 3.91. The van der Waals surface area contributed by atoms with Crippen molar-refractivity contribution in [1.29, 1.82) is 0 Å². The Morgan fingerprint density at radius 1 is 0.958 bits per heavy atom. The fraction of sp³-hybridized carbons (Fsp3) is 0.733. The third-order valence-electron chi connectivity index (χ3n) is 4.70. The zero-order valence-electron chi connectivity index (χ0n) is 13.7. The first-order valence-electron chi connectivity index (χ1n) is 8.63. The van der Waals surface area contributed by atoms with Crippen molar-refractivity contribution in [3.63, 3.8) is 0 Å². The van der Waals surface area contributed by atoms with Crippen LogP contribution in [0.15, 0.2) is 0 Å². The van der Waals surface area contributed by atoms with Crippen LogP contribution in [0.1, 0.15) is 19.3 Å². The first-order chi connectivity index (χ1) is 11.8. The van der Waals surface area contributed by atoms with Gasteiger partial charge in [-0.3, -0.25) is 0 Å². The summed E-state index contributed by atoms with van der Waals surface area (Å²) in [4.78, 5) is 13.4. The Labute approximate surface area is 145 Å². The lowest BCUT2D eigenvalue weighted by Crippen LogP contribution is -2.37. The van der Waals surface area contributed by atoms with Crippen molar-refractivity contribution >= 4 is 28.6 Å². The second kappa shape index (κ2) is 7.16. The van der Waals surface area contributed by atoms with Crippen LogP contribution >= 0.6 is 11.6 Å². The summed E-state index contributed by atoms with van der Waals surface area (Å²) in [5, 5.41) is 8.87. The van der Waals surface area contributed by atoms with E-state index < -0.39 is 0 Å². The van der Waals surface area contributed by atoms with E-state index in [2.05, 4.69) is 30.1 Å². The molecule has 8 nitrogen and oxygen atoms in total. The maximum atomic E-state index is 6.16. The zero-order valence-corrected chi connectivity index (χ0v) is 14.5. The summed E-state index contributed by atoms with van der Waals surface area (Å²) in [7, 11) is 0. The van der Waals surface area contributed by atoms with Gasteiger partial charge in [0.1, 0.15) is 0 Å². The van der Waals surface area contributed by atoms with Gasteiger partial charge in [-0.25, -0.2) is 4.68 Å². The van der Waals surface area contributed by atoms with Crippen LogP contribution in [0.2, 0.25) is 5.28 Å². The number of ether oxygens (including phenoxy) is 1. The highest BCUT2D eigenvalue weighted by Crippen LogP contribution is 2.24. The number of nitrogens with zero attached hydrogens (tertiary/aromatic N) is 7. The number of fused-ring (bicyclic) bond motifs is 1. The van der Waals surface area contributed by atoms with E-state index in [4.69, 9.17) is 16.3 Å². The predicted molar refractivity (Wildman–Crippen MR) is 91.5 cm³/mol. The minimum Gasteiger partial charge on any atom is -0.378 e. The standard InChI is InChI=1S/C15H22ClN7O/c16-15-17-13(22-8-10-24-11-9-22)12-14(18-15)23(20-19-12)7-6-21-4-2-1-3-5-21/h1-11H2. The van der Waals surface area contributed by atoms with Crippen molar-refractivity contribution in [1.82, 2.24) is 29.9 Å². The highest BCUT2D eigenvalue weighted by Gasteiger charge is 2.21. The molecule has 0 unspecified atom stereocenters. The molecule has 0 aliphatic carbocycles. The molecule has 2 saturated heterocycles. The number of halogens is 1. The second-order valence-corrected chi connectivity index (χ2v) is 6.64. The molecule has 2 fully saturated rings. The molecular formula is C15H22ClN7O. The topological polar surface area (TPSA) is 72.2 Å². The van der Waals surface area contributed by atoms with E-state index in [-0.39, 0.29) is 5.28 Å². The number of morpholine rings is 1. The molecule has 0 spiro atoms. The number of piperidine rings is 1. The van der Waals surface area contributed by atoms with E-state index >= 15 is 0 Å². The highest BCUT2D eigenvalue weighted by atomic mass is 35.5. The van der Waals surface area contributed by atoms with Crippen LogP contribution in [0.4, 0.5) is 5.82 Å². The Bertz CT molecular complexity index is 694. The summed E-state index contributed by atoms with van der Waals surface area (Å²) in [5.74, 6) is 0.762. The quantitative estimate of drug-likeness (QED) is 0.766. The maximum absolute atomic E-state index is 6.16. The van der Waals surface area contributed by atoms with Crippen LogP contribution in [-0.2, 0) is 11.3 Å². The van der Waals surface area contributed by atoms with Gasteiger partial charge in [0.25, 0.3) is 0 Å². The number of hydrogen-bond donors (Lipinski definition) is 0. The largest absolute Gasteiger partial charge is 0.378 e. The average Bonchev–Trinajstić information content (AvgIpc) is 3.03. The van der Waals surface area contributed by atoms with Gasteiger partial charge in [0.15, 0.2) is 17.0 Å². The van der Waals surface area contributed by atoms with Crippen LogP contribution in [0.5, 0.6) is 0 Å². The summed E-state index contributed by atoms with van der Waals surface area (Å²) in [5.41, 5.74) is 1.44. The van der Waals surface area contributed by atoms with E-state index in [9.17, 15) is 0 Å². The minimum atomic E-state index is 0.241. The van der Waals surface area contributed by atoms with E-state index in [1.807, 2.05) is 4.68 Å². The van der Waals surface area contributed by atoms with Gasteiger partial charge >= 0.3 is 0 Å². The molecule has 0 atom stereocenters. The maximum Gasteiger partial charge on any atom is 0.226 e. The molecule has 9 heteroatoms. The molecule has 2 aliphatic rings. The lowest BCUT2D eigenvalue weighted by atomic mass is 10.1. The monoisotopic (exact) mass is 351 g/mol. The van der Waals surface area contributed by atoms with Crippen molar-refractivity contribution < 1.29 is 4.74 Å². The number of anilines is 1. The molecule has 0 saturated carbocycles. The van der Waals surface area contributed by atoms with Gasteiger partial charge in [-0.05, 0) is 37.5 Å². The van der Waals surface area contributed by atoms with Crippen LogP contribution < -0.4 is 4.90 Å². The van der Waals surface area contributed by atoms with Gasteiger partial charge in [0, 0.05) is 19.6 Å². The second-order valence-electron chi connectivity index (χ2n) is 6.30. The molecule has 4 heterocycles. The Morgan fingerprint density at radius 2 is 1.75 bits per heavy atom. The smallest absolute Gasteiger partial charge is 0.226 e. The molecule has 4 rings (SSSR count). The first-order valence-corrected chi connectivity index (χ1v) is 9.01. The summed E-state index contributed by atoms with van der Waals surface area (Å²) in [6.45, 7) is 7.01. The summed E-state index contributed by atoms with van der Waals surface area (Å²) in [6, 6.07) is 0. The summed E-state index contributed by atoms with van der Waals surface area (Å²) >= 11 is 6.16. The van der Waals surface area contributed by atoms with Gasteiger partial charge in [0.2, 0.25) is 5.28 Å². The lowest BCUT2D eigenvalue weighted by Gasteiger charge is -2.27. The summed E-state index contributed by atoms with van der Waals surface area (Å²) < 4.78 is 7.26. The Morgan fingerprint density at radius 3 is 2.54 bits per heavy atom. The number of hydrogen-bond acceptors (Lipinski definition) is 7. The predicted octanol–water partition coefficient (Wildman–Crippen LogP) is 1.20. The molecule has 0 bridgehead atoms. The van der Waals surface area contributed by atoms with E-state index in [1.165, 1.54) is 32.4 Å². The molecule has 0 aromatic carbocycles. The average molecular weight is 352 g/mol. The molecule has 24 heavy (non-hydrogen) atoms. The molecule has 2 aliphatic heterocycles. The fourth-order valence-electron chi connectivity index (χ4n) is 3.38. The number of aromatic nitrogens is 5. The molecular weight excluding hydrogens is 330 g/mol. The molecule has 2 aromatic rings. The van der Waals surface area contributed by atoms with Crippen molar-refractivity contribution in [2.24, 2.45) is 0 Å². The third kappa shape index (κ3) is 3.31. The van der Waals surface area contributed by atoms with Crippen molar-refractivity contribution in [3.05, 3.63) is 5.28 Å². The van der Waals surface area contributed by atoms with Crippen LogP contribution in [0.3, 0.4) is 0 Å². The fourth-order valence-corrected chi connectivity index (χ4v) is 3.54. The molecule has 130 valence electrons.